The zero-order valence-electron chi connectivity index (χ0n) is 14.1. The van der Waals surface area contributed by atoms with Gasteiger partial charge in [0.2, 0.25) is 0 Å². The number of nitrogens with two attached hydrogens (primary N) is 1. The molecule has 0 amide bonds. The second-order valence-electron chi connectivity index (χ2n) is 6.61. The summed E-state index contributed by atoms with van der Waals surface area (Å²) in [6, 6.07) is 13.5. The van der Waals surface area contributed by atoms with Gasteiger partial charge in [0, 0.05) is 6.20 Å². The summed E-state index contributed by atoms with van der Waals surface area (Å²) in [6.07, 6.45) is 7.79. The summed E-state index contributed by atoms with van der Waals surface area (Å²) in [7, 11) is 0. The number of fused-ring (bicyclic) bond motifs is 1. The zero-order chi connectivity index (χ0) is 16.4. The third-order valence-corrected chi connectivity index (χ3v) is 4.64. The quantitative estimate of drug-likeness (QED) is 0.713. The number of allylic oxidation sites excluding steroid dienone is 4. The second-order valence-corrected chi connectivity index (χ2v) is 6.61. The topological polar surface area (TPSA) is 26.0 Å². The highest BCUT2D eigenvalue weighted by Gasteiger charge is 2.21. The lowest BCUT2D eigenvalue weighted by atomic mass is 9.92. The number of hydrogen-bond acceptors (Lipinski definition) is 1. The molecule has 0 bridgehead atoms. The van der Waals surface area contributed by atoms with Crippen molar-refractivity contribution in [1.82, 2.24) is 0 Å². The average molecular weight is 303 g/mol. The molecule has 23 heavy (non-hydrogen) atoms. The van der Waals surface area contributed by atoms with E-state index in [-0.39, 0.29) is 0 Å². The molecule has 1 nitrogen and oxygen atoms in total. The van der Waals surface area contributed by atoms with Gasteiger partial charge in [-0.05, 0) is 83.7 Å². The van der Waals surface area contributed by atoms with Crippen LogP contribution in [0, 0.1) is 5.92 Å². The van der Waals surface area contributed by atoms with Crippen LogP contribution in [-0.2, 0) is 6.42 Å². The molecule has 2 aromatic carbocycles. The van der Waals surface area contributed by atoms with E-state index in [0.29, 0.717) is 0 Å². The molecule has 2 aromatic rings. The molecular formula is C22H25N. The minimum Gasteiger partial charge on any atom is -0.404 e. The van der Waals surface area contributed by atoms with Crippen LogP contribution in [0.1, 0.15) is 37.8 Å². The lowest BCUT2D eigenvalue weighted by molar-refractivity contribution is 0.834. The van der Waals surface area contributed by atoms with Gasteiger partial charge in [-0.15, -0.1) is 0 Å². The summed E-state index contributed by atoms with van der Waals surface area (Å²) in [5.74, 6) is 0.925. The standard InChI is InChI=1S/C22H25N/c1-4-21(22(14-23)15(2)3)20-10-9-18-12-17(11-16-5-6-16)7-8-19(18)13-20/h4,7-10,12-14,16H,2,5-6,11,23H2,1,3H3/b21-4-,22-14+. The van der Waals surface area contributed by atoms with Crippen LogP contribution in [0.3, 0.4) is 0 Å². The van der Waals surface area contributed by atoms with Crippen molar-refractivity contribution in [3.05, 3.63) is 77.5 Å². The number of benzene rings is 2. The first-order chi connectivity index (χ1) is 11.1. The van der Waals surface area contributed by atoms with Gasteiger partial charge in [-0.3, -0.25) is 0 Å². The fourth-order valence-electron chi connectivity index (χ4n) is 3.18. The molecule has 0 atom stereocenters. The summed E-state index contributed by atoms with van der Waals surface area (Å²) in [4.78, 5) is 0. The Balaban J connectivity index is 1.97. The summed E-state index contributed by atoms with van der Waals surface area (Å²) >= 11 is 0. The van der Waals surface area contributed by atoms with E-state index in [1.54, 1.807) is 6.20 Å². The predicted molar refractivity (Wildman–Crippen MR) is 101 cm³/mol. The van der Waals surface area contributed by atoms with Gasteiger partial charge in [-0.1, -0.05) is 43.0 Å². The van der Waals surface area contributed by atoms with Gasteiger partial charge >= 0.3 is 0 Å². The van der Waals surface area contributed by atoms with E-state index in [0.717, 1.165) is 22.6 Å². The third kappa shape index (κ3) is 3.39. The SMILES string of the molecule is C=C(C)C(=C\N)/C(=C\C)c1ccc2cc(CC3CC3)ccc2c1. The molecule has 118 valence electrons. The van der Waals surface area contributed by atoms with Crippen molar-refractivity contribution < 1.29 is 0 Å². The first kappa shape index (κ1) is 15.6. The smallest absolute Gasteiger partial charge is 0.00201 e. The van der Waals surface area contributed by atoms with E-state index in [1.807, 2.05) is 13.8 Å². The normalized spacial score (nSPS) is 15.9. The van der Waals surface area contributed by atoms with Gasteiger partial charge in [0.1, 0.15) is 0 Å². The van der Waals surface area contributed by atoms with E-state index in [2.05, 4.69) is 49.1 Å². The van der Waals surface area contributed by atoms with E-state index >= 15 is 0 Å². The average Bonchev–Trinajstić information content (AvgIpc) is 3.35. The molecule has 1 saturated carbocycles. The van der Waals surface area contributed by atoms with Gasteiger partial charge in [0.25, 0.3) is 0 Å². The van der Waals surface area contributed by atoms with Gasteiger partial charge < -0.3 is 5.73 Å². The molecule has 0 aliphatic heterocycles. The Morgan fingerprint density at radius 3 is 2.48 bits per heavy atom. The van der Waals surface area contributed by atoms with Crippen LogP contribution in [0.15, 0.2) is 66.4 Å². The maximum atomic E-state index is 5.81. The molecule has 0 spiro atoms. The summed E-state index contributed by atoms with van der Waals surface area (Å²) < 4.78 is 0. The highest BCUT2D eigenvalue weighted by atomic mass is 14.5. The molecule has 1 aliphatic carbocycles. The van der Waals surface area contributed by atoms with Crippen LogP contribution >= 0.6 is 0 Å². The molecule has 0 radical (unpaired) electrons. The maximum Gasteiger partial charge on any atom is 0.00201 e. The number of rotatable bonds is 5. The maximum absolute atomic E-state index is 5.81. The van der Waals surface area contributed by atoms with Crippen molar-refractivity contribution in [2.75, 3.05) is 0 Å². The Hall–Kier alpha value is -2.28. The Kier molecular flexibility index (Phi) is 4.38. The molecule has 0 aromatic heterocycles. The largest absolute Gasteiger partial charge is 0.404 e. The van der Waals surface area contributed by atoms with Crippen LogP contribution in [0.2, 0.25) is 0 Å². The summed E-state index contributed by atoms with van der Waals surface area (Å²) in [5.41, 5.74) is 11.6. The fourth-order valence-corrected chi connectivity index (χ4v) is 3.18. The zero-order valence-corrected chi connectivity index (χ0v) is 14.1. The second kappa shape index (κ2) is 6.45. The summed E-state index contributed by atoms with van der Waals surface area (Å²) in [6.45, 7) is 8.08. The van der Waals surface area contributed by atoms with Crippen LogP contribution in [0.5, 0.6) is 0 Å². The highest BCUT2D eigenvalue weighted by molar-refractivity contribution is 5.91. The van der Waals surface area contributed by atoms with Gasteiger partial charge in [0.05, 0.1) is 0 Å². The van der Waals surface area contributed by atoms with E-state index < -0.39 is 0 Å². The molecule has 0 unspecified atom stereocenters. The van der Waals surface area contributed by atoms with Crippen molar-refractivity contribution in [2.24, 2.45) is 11.7 Å². The Bertz CT molecular complexity index is 804. The number of hydrogen-bond donors (Lipinski definition) is 1. The van der Waals surface area contributed by atoms with Crippen LogP contribution < -0.4 is 5.73 Å². The molecule has 3 rings (SSSR count). The lowest BCUT2D eigenvalue weighted by Gasteiger charge is -2.13. The van der Waals surface area contributed by atoms with Crippen molar-refractivity contribution in [3.63, 3.8) is 0 Å². The summed E-state index contributed by atoms with van der Waals surface area (Å²) in [5, 5.41) is 2.59. The van der Waals surface area contributed by atoms with Gasteiger partial charge in [-0.25, -0.2) is 0 Å². The van der Waals surface area contributed by atoms with E-state index in [4.69, 9.17) is 5.73 Å². The van der Waals surface area contributed by atoms with E-state index in [9.17, 15) is 0 Å². The van der Waals surface area contributed by atoms with Crippen molar-refractivity contribution >= 4 is 16.3 Å². The van der Waals surface area contributed by atoms with Crippen LogP contribution in [0.4, 0.5) is 0 Å². The lowest BCUT2D eigenvalue weighted by Crippen LogP contribution is -1.95. The molecule has 1 aliphatic rings. The first-order valence-electron chi connectivity index (χ1n) is 8.40. The van der Waals surface area contributed by atoms with Crippen LogP contribution in [0.25, 0.3) is 16.3 Å². The molecule has 2 N–H and O–H groups in total. The third-order valence-electron chi connectivity index (χ3n) is 4.64. The molecule has 0 saturated heterocycles. The Morgan fingerprint density at radius 2 is 1.87 bits per heavy atom. The molecular weight excluding hydrogens is 278 g/mol. The molecule has 0 heterocycles. The first-order valence-corrected chi connectivity index (χ1v) is 8.40. The van der Waals surface area contributed by atoms with Crippen molar-refractivity contribution in [3.8, 4) is 0 Å². The van der Waals surface area contributed by atoms with Crippen molar-refractivity contribution in [1.29, 1.82) is 0 Å². The minimum absolute atomic E-state index is 0.925. The van der Waals surface area contributed by atoms with E-state index in [1.165, 1.54) is 41.2 Å². The molecule has 1 heteroatoms. The predicted octanol–water partition coefficient (Wildman–Crippen LogP) is 5.61. The Morgan fingerprint density at radius 1 is 1.17 bits per heavy atom. The van der Waals surface area contributed by atoms with Gasteiger partial charge in [-0.2, -0.15) is 0 Å². The molecule has 1 fully saturated rings. The minimum atomic E-state index is 0.925. The van der Waals surface area contributed by atoms with Crippen LogP contribution in [-0.4, -0.2) is 0 Å². The highest BCUT2D eigenvalue weighted by Crippen LogP contribution is 2.34. The monoisotopic (exact) mass is 303 g/mol. The fraction of sp³-hybridized carbons (Fsp3) is 0.273. The van der Waals surface area contributed by atoms with Crippen molar-refractivity contribution in [2.45, 2.75) is 33.1 Å². The Labute approximate surface area is 139 Å². The van der Waals surface area contributed by atoms with Gasteiger partial charge in [0.15, 0.2) is 0 Å².